The minimum Gasteiger partial charge on any atom is -0.488 e. The van der Waals surface area contributed by atoms with Gasteiger partial charge in [0, 0.05) is 12.6 Å². The molecule has 1 rings (SSSR count). The van der Waals surface area contributed by atoms with Crippen LogP contribution in [-0.4, -0.2) is 12.6 Å². The average Bonchev–Trinajstić information content (AvgIpc) is 2.29. The fourth-order valence-electron chi connectivity index (χ4n) is 1.57. The first-order valence-corrected chi connectivity index (χ1v) is 6.74. The van der Waals surface area contributed by atoms with Crippen LogP contribution in [0.25, 0.3) is 0 Å². The molecule has 4 heteroatoms. The van der Waals surface area contributed by atoms with Gasteiger partial charge in [-0.15, -0.1) is 0 Å². The van der Waals surface area contributed by atoms with Crippen LogP contribution in [0.5, 0.6) is 5.75 Å². The molecule has 0 bridgehead atoms. The van der Waals surface area contributed by atoms with Crippen molar-refractivity contribution in [1.29, 1.82) is 0 Å². The van der Waals surface area contributed by atoms with E-state index in [0.717, 1.165) is 6.42 Å². The Morgan fingerprint density at radius 2 is 1.68 bits per heavy atom. The Morgan fingerprint density at radius 3 is 2.16 bits per heavy atom. The second-order valence-corrected chi connectivity index (χ2v) is 5.46. The molecular formula is C15H23F2NO. The number of rotatable bonds is 7. The van der Waals surface area contributed by atoms with Gasteiger partial charge in [-0.2, -0.15) is 0 Å². The van der Waals surface area contributed by atoms with Gasteiger partial charge in [-0.3, -0.25) is 0 Å². The van der Waals surface area contributed by atoms with Gasteiger partial charge in [0.25, 0.3) is 0 Å². The molecule has 0 amide bonds. The Bertz CT molecular complexity index is 382. The van der Waals surface area contributed by atoms with Crippen molar-refractivity contribution in [3.05, 3.63) is 29.3 Å². The molecule has 0 aliphatic carbocycles. The van der Waals surface area contributed by atoms with Crippen LogP contribution in [-0.2, 0) is 6.54 Å². The average molecular weight is 271 g/mol. The summed E-state index contributed by atoms with van der Waals surface area (Å²) in [6.07, 6.45) is 0.773. The van der Waals surface area contributed by atoms with Crippen molar-refractivity contribution in [2.75, 3.05) is 6.61 Å². The topological polar surface area (TPSA) is 21.3 Å². The molecule has 19 heavy (non-hydrogen) atoms. The van der Waals surface area contributed by atoms with Gasteiger partial charge in [-0.25, -0.2) is 8.78 Å². The Hall–Kier alpha value is -1.16. The van der Waals surface area contributed by atoms with E-state index in [9.17, 15) is 8.78 Å². The van der Waals surface area contributed by atoms with Crippen molar-refractivity contribution in [3.63, 3.8) is 0 Å². The highest BCUT2D eigenvalue weighted by Crippen LogP contribution is 2.23. The molecule has 1 aromatic rings. The molecule has 0 atom stereocenters. The molecule has 0 aromatic heterocycles. The van der Waals surface area contributed by atoms with Crippen molar-refractivity contribution in [2.45, 2.75) is 46.7 Å². The summed E-state index contributed by atoms with van der Waals surface area (Å²) in [7, 11) is 0. The summed E-state index contributed by atoms with van der Waals surface area (Å²) >= 11 is 0. The summed E-state index contributed by atoms with van der Waals surface area (Å²) in [6.45, 7) is 8.81. The van der Waals surface area contributed by atoms with Gasteiger partial charge in [0.15, 0.2) is 17.4 Å². The number of benzene rings is 1. The van der Waals surface area contributed by atoms with Crippen molar-refractivity contribution in [2.24, 2.45) is 5.92 Å². The molecule has 1 N–H and O–H groups in total. The standard InChI is InChI=1S/C15H23F2NO/c1-10(2)5-6-19-15-13(16)7-12(8-14(15)17)9-18-11(3)4/h7-8,10-11,18H,5-6,9H2,1-4H3. The third-order valence-corrected chi connectivity index (χ3v) is 2.71. The van der Waals surface area contributed by atoms with Crippen molar-refractivity contribution in [3.8, 4) is 5.75 Å². The molecule has 0 saturated heterocycles. The van der Waals surface area contributed by atoms with E-state index in [1.165, 1.54) is 12.1 Å². The lowest BCUT2D eigenvalue weighted by Crippen LogP contribution is -2.22. The maximum atomic E-state index is 13.8. The molecule has 0 spiro atoms. The molecule has 0 heterocycles. The van der Waals surface area contributed by atoms with Gasteiger partial charge >= 0.3 is 0 Å². The first-order chi connectivity index (χ1) is 8.90. The molecule has 0 aliphatic rings. The summed E-state index contributed by atoms with van der Waals surface area (Å²) in [5.74, 6) is -1.09. The Morgan fingerprint density at radius 1 is 1.11 bits per heavy atom. The van der Waals surface area contributed by atoms with Crippen LogP contribution in [0.4, 0.5) is 8.78 Å². The molecule has 1 aromatic carbocycles. The normalized spacial score (nSPS) is 11.4. The predicted octanol–water partition coefficient (Wildman–Crippen LogP) is 3.89. The maximum Gasteiger partial charge on any atom is 0.190 e. The van der Waals surface area contributed by atoms with Crippen LogP contribution in [0.1, 0.15) is 39.7 Å². The Kier molecular flexibility index (Phi) is 6.22. The largest absolute Gasteiger partial charge is 0.488 e. The lowest BCUT2D eigenvalue weighted by Gasteiger charge is -2.12. The third kappa shape index (κ3) is 5.55. The van der Waals surface area contributed by atoms with Gasteiger partial charge in [-0.05, 0) is 30.0 Å². The summed E-state index contributed by atoms with van der Waals surface area (Å²) in [4.78, 5) is 0. The van der Waals surface area contributed by atoms with E-state index in [1.54, 1.807) is 0 Å². The smallest absolute Gasteiger partial charge is 0.190 e. The van der Waals surface area contributed by atoms with Crippen LogP contribution < -0.4 is 10.1 Å². The lowest BCUT2D eigenvalue weighted by molar-refractivity contribution is 0.263. The minimum absolute atomic E-state index is 0.269. The Balaban J connectivity index is 2.68. The lowest BCUT2D eigenvalue weighted by atomic mass is 10.1. The second-order valence-electron chi connectivity index (χ2n) is 5.46. The first kappa shape index (κ1) is 15.9. The number of halogens is 2. The fourth-order valence-corrected chi connectivity index (χ4v) is 1.57. The maximum absolute atomic E-state index is 13.8. The zero-order chi connectivity index (χ0) is 14.4. The van der Waals surface area contributed by atoms with Crippen LogP contribution in [0.3, 0.4) is 0 Å². The number of nitrogens with one attached hydrogen (secondary N) is 1. The summed E-state index contributed by atoms with van der Waals surface area (Å²) < 4.78 is 32.7. The van der Waals surface area contributed by atoms with E-state index in [4.69, 9.17) is 4.74 Å². The molecule has 0 unspecified atom stereocenters. The van der Waals surface area contributed by atoms with Crippen molar-refractivity contribution < 1.29 is 13.5 Å². The molecule has 0 saturated carbocycles. The quantitative estimate of drug-likeness (QED) is 0.812. The van der Waals surface area contributed by atoms with E-state index in [1.807, 2.05) is 27.7 Å². The van der Waals surface area contributed by atoms with Crippen molar-refractivity contribution in [1.82, 2.24) is 5.32 Å². The van der Waals surface area contributed by atoms with E-state index >= 15 is 0 Å². The SMILES string of the molecule is CC(C)CCOc1c(F)cc(CNC(C)C)cc1F. The van der Waals surface area contributed by atoms with Crippen LogP contribution in [0.2, 0.25) is 0 Å². The van der Waals surface area contributed by atoms with E-state index in [-0.39, 0.29) is 11.8 Å². The fraction of sp³-hybridized carbons (Fsp3) is 0.600. The molecule has 0 radical (unpaired) electrons. The zero-order valence-corrected chi connectivity index (χ0v) is 12.1. The second kappa shape index (κ2) is 7.43. The summed E-state index contributed by atoms with van der Waals surface area (Å²) in [6, 6.07) is 2.92. The summed E-state index contributed by atoms with van der Waals surface area (Å²) in [5, 5.41) is 3.12. The highest BCUT2D eigenvalue weighted by Gasteiger charge is 2.13. The molecule has 0 aliphatic heterocycles. The minimum atomic E-state index is -0.635. The van der Waals surface area contributed by atoms with Gasteiger partial charge in [0.1, 0.15) is 0 Å². The van der Waals surface area contributed by atoms with E-state index in [2.05, 4.69) is 5.32 Å². The highest BCUT2D eigenvalue weighted by molar-refractivity contribution is 5.31. The highest BCUT2D eigenvalue weighted by atomic mass is 19.1. The van der Waals surface area contributed by atoms with E-state index < -0.39 is 11.6 Å². The van der Waals surface area contributed by atoms with Gasteiger partial charge in [0.2, 0.25) is 0 Å². The number of ether oxygens (including phenoxy) is 1. The molecule has 2 nitrogen and oxygen atoms in total. The first-order valence-electron chi connectivity index (χ1n) is 6.74. The van der Waals surface area contributed by atoms with Crippen LogP contribution in [0, 0.1) is 17.6 Å². The summed E-state index contributed by atoms with van der Waals surface area (Å²) in [5.41, 5.74) is 0.583. The van der Waals surface area contributed by atoms with Crippen LogP contribution in [0.15, 0.2) is 12.1 Å². The molecule has 108 valence electrons. The van der Waals surface area contributed by atoms with Crippen molar-refractivity contribution >= 4 is 0 Å². The Labute approximate surface area is 114 Å². The van der Waals surface area contributed by atoms with Gasteiger partial charge in [0.05, 0.1) is 6.61 Å². The third-order valence-electron chi connectivity index (χ3n) is 2.71. The number of hydrogen-bond donors (Lipinski definition) is 1. The van der Waals surface area contributed by atoms with Gasteiger partial charge < -0.3 is 10.1 Å². The molecular weight excluding hydrogens is 248 g/mol. The zero-order valence-electron chi connectivity index (χ0n) is 12.1. The van der Waals surface area contributed by atoms with Gasteiger partial charge in [-0.1, -0.05) is 27.7 Å². The van der Waals surface area contributed by atoms with E-state index in [0.29, 0.717) is 24.6 Å². The number of hydrogen-bond acceptors (Lipinski definition) is 2. The van der Waals surface area contributed by atoms with Crippen LogP contribution >= 0.6 is 0 Å². The predicted molar refractivity (Wildman–Crippen MR) is 73.3 cm³/mol. The molecule has 0 fully saturated rings. The monoisotopic (exact) mass is 271 g/mol.